The van der Waals surface area contributed by atoms with Crippen molar-refractivity contribution >= 4 is 34.2 Å². The predicted octanol–water partition coefficient (Wildman–Crippen LogP) is 5.44. The molecule has 6 heteroatoms. The maximum Gasteiger partial charge on any atom is 0.291 e. The molecule has 0 aliphatic carbocycles. The van der Waals surface area contributed by atoms with E-state index in [9.17, 15) is 4.79 Å². The van der Waals surface area contributed by atoms with Crippen LogP contribution in [0.1, 0.15) is 30.0 Å². The zero-order valence-corrected chi connectivity index (χ0v) is 15.6. The molecule has 0 fully saturated rings. The zero-order valence-electron chi connectivity index (χ0n) is 14.9. The van der Waals surface area contributed by atoms with Gasteiger partial charge in [0.2, 0.25) is 0 Å². The van der Waals surface area contributed by atoms with Crippen molar-refractivity contribution in [2.45, 2.75) is 20.8 Å². The predicted molar refractivity (Wildman–Crippen MR) is 103 cm³/mol. The fourth-order valence-corrected chi connectivity index (χ4v) is 2.90. The minimum atomic E-state index is -0.332. The fraction of sp³-hybridized carbons (Fsp3) is 0.250. The molecule has 1 aromatic heterocycles. The number of hydrogen-bond acceptors (Lipinski definition) is 4. The molecule has 0 radical (unpaired) electrons. The number of aryl methyl sites for hydroxylation is 1. The summed E-state index contributed by atoms with van der Waals surface area (Å²) in [4.78, 5) is 12.7. The van der Waals surface area contributed by atoms with E-state index in [0.29, 0.717) is 41.0 Å². The highest BCUT2D eigenvalue weighted by Crippen LogP contribution is 2.32. The Morgan fingerprint density at radius 1 is 1.08 bits per heavy atom. The summed E-state index contributed by atoms with van der Waals surface area (Å²) in [6.07, 6.45) is 0. The van der Waals surface area contributed by atoms with E-state index < -0.39 is 0 Å². The quantitative estimate of drug-likeness (QED) is 0.624. The number of rotatable bonds is 6. The standard InChI is InChI=1S/C20H20ClNO4/c1-4-24-17-9-7-14(11-18(17)25-5-2)22-20(23)19-12(3)15-10-13(21)6-8-16(15)26-19/h6-11H,4-5H2,1-3H3,(H,22,23). The largest absolute Gasteiger partial charge is 0.490 e. The summed E-state index contributed by atoms with van der Waals surface area (Å²) in [6.45, 7) is 6.67. The summed E-state index contributed by atoms with van der Waals surface area (Å²) in [5.41, 5.74) is 1.97. The number of nitrogens with one attached hydrogen (secondary N) is 1. The number of halogens is 1. The average Bonchev–Trinajstić information content (AvgIpc) is 2.94. The minimum Gasteiger partial charge on any atom is -0.490 e. The van der Waals surface area contributed by atoms with E-state index in [1.165, 1.54) is 0 Å². The van der Waals surface area contributed by atoms with E-state index in [2.05, 4.69) is 5.32 Å². The van der Waals surface area contributed by atoms with Crippen molar-refractivity contribution in [3.8, 4) is 11.5 Å². The third kappa shape index (κ3) is 3.63. The molecule has 3 rings (SSSR count). The molecule has 26 heavy (non-hydrogen) atoms. The van der Waals surface area contributed by atoms with E-state index >= 15 is 0 Å². The van der Waals surface area contributed by atoms with Gasteiger partial charge < -0.3 is 19.2 Å². The van der Waals surface area contributed by atoms with Crippen LogP contribution in [-0.4, -0.2) is 19.1 Å². The van der Waals surface area contributed by atoms with E-state index in [1.807, 2.05) is 20.8 Å². The van der Waals surface area contributed by atoms with Crippen molar-refractivity contribution in [1.82, 2.24) is 0 Å². The molecule has 5 nitrogen and oxygen atoms in total. The average molecular weight is 374 g/mol. The number of anilines is 1. The monoisotopic (exact) mass is 373 g/mol. The maximum atomic E-state index is 12.7. The van der Waals surface area contributed by atoms with Crippen LogP contribution < -0.4 is 14.8 Å². The van der Waals surface area contributed by atoms with Crippen LogP contribution in [0.3, 0.4) is 0 Å². The lowest BCUT2D eigenvalue weighted by molar-refractivity contribution is 0.0998. The van der Waals surface area contributed by atoms with Crippen LogP contribution >= 0.6 is 11.6 Å². The van der Waals surface area contributed by atoms with Crippen molar-refractivity contribution in [2.75, 3.05) is 18.5 Å². The Kier molecular flexibility index (Phi) is 5.38. The van der Waals surface area contributed by atoms with Gasteiger partial charge in [-0.1, -0.05) is 11.6 Å². The number of fused-ring (bicyclic) bond motifs is 1. The summed E-state index contributed by atoms with van der Waals surface area (Å²) >= 11 is 6.03. The van der Waals surface area contributed by atoms with Crippen LogP contribution in [0.25, 0.3) is 11.0 Å². The normalized spacial score (nSPS) is 10.8. The Morgan fingerprint density at radius 2 is 1.81 bits per heavy atom. The zero-order chi connectivity index (χ0) is 18.7. The lowest BCUT2D eigenvalue weighted by atomic mass is 10.1. The van der Waals surface area contributed by atoms with Crippen molar-refractivity contribution in [1.29, 1.82) is 0 Å². The van der Waals surface area contributed by atoms with Crippen LogP contribution in [0.4, 0.5) is 5.69 Å². The third-order valence-corrected chi connectivity index (χ3v) is 4.14. The molecular formula is C20H20ClNO4. The lowest BCUT2D eigenvalue weighted by Gasteiger charge is -2.12. The molecule has 0 aliphatic heterocycles. The summed E-state index contributed by atoms with van der Waals surface area (Å²) in [5.74, 6) is 1.15. The fourth-order valence-electron chi connectivity index (χ4n) is 2.73. The van der Waals surface area contributed by atoms with E-state index in [-0.39, 0.29) is 11.7 Å². The number of hydrogen-bond donors (Lipinski definition) is 1. The molecule has 1 N–H and O–H groups in total. The Morgan fingerprint density at radius 3 is 2.54 bits per heavy atom. The number of ether oxygens (including phenoxy) is 2. The van der Waals surface area contributed by atoms with Crippen molar-refractivity contribution in [3.63, 3.8) is 0 Å². The smallest absolute Gasteiger partial charge is 0.291 e. The van der Waals surface area contributed by atoms with Crippen molar-refractivity contribution in [2.24, 2.45) is 0 Å². The molecule has 0 spiro atoms. The molecule has 3 aromatic rings. The molecule has 0 saturated heterocycles. The van der Waals surface area contributed by atoms with Gasteiger partial charge in [0.05, 0.1) is 13.2 Å². The Balaban J connectivity index is 1.88. The maximum absolute atomic E-state index is 12.7. The van der Waals surface area contributed by atoms with Crippen LogP contribution in [0.15, 0.2) is 40.8 Å². The van der Waals surface area contributed by atoms with E-state index in [0.717, 1.165) is 10.9 Å². The first-order chi connectivity index (χ1) is 12.5. The Bertz CT molecular complexity index is 948. The SMILES string of the molecule is CCOc1ccc(NC(=O)c2oc3ccc(Cl)cc3c2C)cc1OCC. The first kappa shape index (κ1) is 18.1. The minimum absolute atomic E-state index is 0.258. The molecule has 0 unspecified atom stereocenters. The van der Waals surface area contributed by atoms with Gasteiger partial charge in [-0.3, -0.25) is 4.79 Å². The van der Waals surface area contributed by atoms with Crippen LogP contribution in [0.5, 0.6) is 11.5 Å². The van der Waals surface area contributed by atoms with Gasteiger partial charge >= 0.3 is 0 Å². The second-order valence-corrected chi connectivity index (χ2v) is 6.11. The number of carbonyl (C=O) groups excluding carboxylic acids is 1. The second-order valence-electron chi connectivity index (χ2n) is 5.68. The molecular weight excluding hydrogens is 354 g/mol. The van der Waals surface area contributed by atoms with Gasteiger partial charge in [0.1, 0.15) is 5.58 Å². The van der Waals surface area contributed by atoms with Crippen molar-refractivity contribution < 1.29 is 18.7 Å². The summed E-state index contributed by atoms with van der Waals surface area (Å²) in [5, 5.41) is 4.26. The number of amides is 1. The van der Waals surface area contributed by atoms with Gasteiger partial charge in [-0.2, -0.15) is 0 Å². The first-order valence-corrected chi connectivity index (χ1v) is 8.81. The number of benzene rings is 2. The molecule has 0 atom stereocenters. The highest BCUT2D eigenvalue weighted by Gasteiger charge is 2.18. The van der Waals surface area contributed by atoms with Crippen LogP contribution in [-0.2, 0) is 0 Å². The highest BCUT2D eigenvalue weighted by molar-refractivity contribution is 6.31. The summed E-state index contributed by atoms with van der Waals surface area (Å²) in [6, 6.07) is 10.5. The summed E-state index contributed by atoms with van der Waals surface area (Å²) in [7, 11) is 0. The molecule has 1 amide bonds. The van der Waals surface area contributed by atoms with Gasteiger partial charge in [-0.15, -0.1) is 0 Å². The number of carbonyl (C=O) groups is 1. The molecule has 2 aromatic carbocycles. The Labute approximate surface area is 156 Å². The van der Waals surface area contributed by atoms with Gasteiger partial charge in [-0.05, 0) is 51.1 Å². The Hall–Kier alpha value is -2.66. The van der Waals surface area contributed by atoms with E-state index in [4.69, 9.17) is 25.5 Å². The highest BCUT2D eigenvalue weighted by atomic mass is 35.5. The van der Waals surface area contributed by atoms with Gasteiger partial charge in [0.15, 0.2) is 17.3 Å². The summed E-state index contributed by atoms with van der Waals surface area (Å²) < 4.78 is 16.8. The molecule has 0 aliphatic rings. The first-order valence-electron chi connectivity index (χ1n) is 8.43. The molecule has 0 saturated carbocycles. The van der Waals surface area contributed by atoms with Crippen LogP contribution in [0.2, 0.25) is 5.02 Å². The van der Waals surface area contributed by atoms with Gasteiger partial charge in [0.25, 0.3) is 5.91 Å². The van der Waals surface area contributed by atoms with Crippen molar-refractivity contribution in [3.05, 3.63) is 52.7 Å². The topological polar surface area (TPSA) is 60.7 Å². The van der Waals surface area contributed by atoms with Gasteiger partial charge in [0, 0.05) is 27.7 Å². The van der Waals surface area contributed by atoms with E-state index in [1.54, 1.807) is 36.4 Å². The van der Waals surface area contributed by atoms with Gasteiger partial charge in [-0.25, -0.2) is 0 Å². The number of furan rings is 1. The molecule has 1 heterocycles. The molecule has 0 bridgehead atoms. The third-order valence-electron chi connectivity index (χ3n) is 3.91. The second kappa shape index (κ2) is 7.70. The lowest BCUT2D eigenvalue weighted by Crippen LogP contribution is -2.12. The van der Waals surface area contributed by atoms with Crippen LogP contribution in [0, 0.1) is 6.92 Å². The molecule has 136 valence electrons.